The van der Waals surface area contributed by atoms with E-state index in [1.165, 1.54) is 30.5 Å². The van der Waals surface area contributed by atoms with Crippen molar-refractivity contribution in [2.45, 2.75) is 17.1 Å². The molecule has 10 nitrogen and oxygen atoms in total. The van der Waals surface area contributed by atoms with Gasteiger partial charge in [-0.15, -0.1) is 11.3 Å². The Bertz CT molecular complexity index is 1330. The SMILES string of the molecule is O=C(N/N=C\c1ccc(N2CCCC2)c([N+](=O)[O-])c1)c1ccccc1NS(=O)(=O)c1cccs1. The Morgan fingerprint density at radius 3 is 2.59 bits per heavy atom. The molecule has 34 heavy (non-hydrogen) atoms. The van der Waals surface area contributed by atoms with Crippen LogP contribution in [0.1, 0.15) is 28.8 Å². The van der Waals surface area contributed by atoms with Gasteiger partial charge in [-0.3, -0.25) is 19.6 Å². The maximum absolute atomic E-state index is 12.7. The second-order valence-corrected chi connectivity index (χ2v) is 10.3. The third-order valence-corrected chi connectivity index (χ3v) is 7.96. The highest BCUT2D eigenvalue weighted by molar-refractivity contribution is 7.94. The first kappa shape index (κ1) is 23.4. The van der Waals surface area contributed by atoms with Crippen LogP contribution < -0.4 is 15.0 Å². The van der Waals surface area contributed by atoms with Gasteiger partial charge in [0.25, 0.3) is 21.6 Å². The van der Waals surface area contributed by atoms with Crippen LogP contribution in [0, 0.1) is 10.1 Å². The number of rotatable bonds is 8. The molecule has 0 atom stereocenters. The summed E-state index contributed by atoms with van der Waals surface area (Å²) < 4.78 is 27.6. The zero-order valence-electron chi connectivity index (χ0n) is 17.9. The summed E-state index contributed by atoms with van der Waals surface area (Å²) in [6.45, 7) is 1.56. The summed E-state index contributed by atoms with van der Waals surface area (Å²) in [5.41, 5.74) is 3.52. The maximum atomic E-state index is 12.7. The average Bonchev–Trinajstić information content (AvgIpc) is 3.54. The molecule has 0 unspecified atom stereocenters. The second-order valence-electron chi connectivity index (χ2n) is 7.48. The molecule has 1 aromatic heterocycles. The van der Waals surface area contributed by atoms with Crippen molar-refractivity contribution < 1.29 is 18.1 Å². The molecule has 4 rings (SSSR count). The zero-order chi connectivity index (χ0) is 24.1. The Labute approximate surface area is 200 Å². The van der Waals surface area contributed by atoms with Gasteiger partial charge in [0, 0.05) is 24.7 Å². The minimum absolute atomic E-state index is 0.0227. The molecule has 12 heteroatoms. The van der Waals surface area contributed by atoms with Gasteiger partial charge in [0.2, 0.25) is 0 Å². The van der Waals surface area contributed by atoms with E-state index in [9.17, 15) is 23.3 Å². The topological polar surface area (TPSA) is 134 Å². The number of sulfonamides is 1. The fourth-order valence-electron chi connectivity index (χ4n) is 3.60. The first-order valence-corrected chi connectivity index (χ1v) is 12.7. The molecule has 1 fully saturated rings. The molecule has 0 saturated carbocycles. The molecule has 176 valence electrons. The lowest BCUT2D eigenvalue weighted by Gasteiger charge is -2.17. The van der Waals surface area contributed by atoms with E-state index in [0.29, 0.717) is 11.3 Å². The Morgan fingerprint density at radius 1 is 1.12 bits per heavy atom. The zero-order valence-corrected chi connectivity index (χ0v) is 19.5. The van der Waals surface area contributed by atoms with Gasteiger partial charge in [0.15, 0.2) is 0 Å². The third-order valence-electron chi connectivity index (χ3n) is 5.20. The normalized spacial score (nSPS) is 13.8. The minimum Gasteiger partial charge on any atom is -0.366 e. The molecule has 2 N–H and O–H groups in total. The standard InChI is InChI=1S/C22H21N5O5S2/c28-22(17-6-1-2-7-18(17)25-34(31,32)21-8-5-13-33-21)24-23-15-16-9-10-19(20(14-16)27(29)30)26-11-3-4-12-26/h1-2,5-10,13-15,25H,3-4,11-12H2,(H,24,28)/b23-15-. The number of hydrogen-bond acceptors (Lipinski definition) is 8. The van der Waals surface area contributed by atoms with E-state index in [-0.39, 0.29) is 21.1 Å². The molecule has 0 spiro atoms. The van der Waals surface area contributed by atoms with E-state index >= 15 is 0 Å². The summed E-state index contributed by atoms with van der Waals surface area (Å²) in [6, 6.07) is 14.0. The number of nitrogens with one attached hydrogen (secondary N) is 2. The van der Waals surface area contributed by atoms with Gasteiger partial charge >= 0.3 is 0 Å². The summed E-state index contributed by atoms with van der Waals surface area (Å²) in [5.74, 6) is -0.635. The van der Waals surface area contributed by atoms with Crippen LogP contribution in [-0.2, 0) is 10.0 Å². The van der Waals surface area contributed by atoms with E-state index in [1.54, 1.807) is 35.7 Å². The molecule has 2 aromatic carbocycles. The lowest BCUT2D eigenvalue weighted by atomic mass is 10.1. The van der Waals surface area contributed by atoms with Crippen molar-refractivity contribution in [1.29, 1.82) is 0 Å². The van der Waals surface area contributed by atoms with Crippen molar-refractivity contribution in [3.8, 4) is 0 Å². The smallest absolute Gasteiger partial charge is 0.293 e. The van der Waals surface area contributed by atoms with E-state index in [2.05, 4.69) is 15.2 Å². The highest BCUT2D eigenvalue weighted by Crippen LogP contribution is 2.31. The van der Waals surface area contributed by atoms with Crippen LogP contribution in [0.25, 0.3) is 0 Å². The molecule has 0 aliphatic carbocycles. The van der Waals surface area contributed by atoms with Gasteiger partial charge in [0.05, 0.1) is 22.4 Å². The number of thiophene rings is 1. The van der Waals surface area contributed by atoms with Crippen molar-refractivity contribution in [3.05, 3.63) is 81.2 Å². The average molecular weight is 500 g/mol. The van der Waals surface area contributed by atoms with Crippen molar-refractivity contribution in [2.24, 2.45) is 5.10 Å². The number of hydrazone groups is 1. The van der Waals surface area contributed by atoms with E-state index in [0.717, 1.165) is 37.3 Å². The Kier molecular flexibility index (Phi) is 6.89. The quantitative estimate of drug-likeness (QED) is 0.275. The fraction of sp³-hybridized carbons (Fsp3) is 0.182. The van der Waals surface area contributed by atoms with Gasteiger partial charge in [-0.1, -0.05) is 24.3 Å². The van der Waals surface area contributed by atoms with E-state index in [1.807, 2.05) is 4.90 Å². The lowest BCUT2D eigenvalue weighted by Crippen LogP contribution is -2.21. The predicted molar refractivity (Wildman–Crippen MR) is 131 cm³/mol. The first-order valence-electron chi connectivity index (χ1n) is 10.4. The van der Waals surface area contributed by atoms with Crippen molar-refractivity contribution in [2.75, 3.05) is 22.7 Å². The Hall–Kier alpha value is -3.77. The molecule has 1 saturated heterocycles. The molecule has 0 bridgehead atoms. The Balaban J connectivity index is 1.49. The number of nitro groups is 1. The highest BCUT2D eigenvalue weighted by Gasteiger charge is 2.22. The van der Waals surface area contributed by atoms with Gasteiger partial charge in [-0.05, 0) is 42.5 Å². The van der Waals surface area contributed by atoms with Crippen LogP contribution in [-0.4, -0.2) is 38.6 Å². The van der Waals surface area contributed by atoms with E-state index in [4.69, 9.17) is 0 Å². The van der Waals surface area contributed by atoms with Crippen molar-refractivity contribution in [3.63, 3.8) is 0 Å². The second kappa shape index (κ2) is 10.0. The van der Waals surface area contributed by atoms with Gasteiger partial charge in [0.1, 0.15) is 9.90 Å². The number of nitro benzene ring substituents is 1. The van der Waals surface area contributed by atoms with Crippen molar-refractivity contribution in [1.82, 2.24) is 5.43 Å². The number of carbonyl (C=O) groups excluding carboxylic acids is 1. The van der Waals surface area contributed by atoms with Gasteiger partial charge in [-0.25, -0.2) is 13.8 Å². The molecular formula is C22H21N5O5S2. The largest absolute Gasteiger partial charge is 0.366 e. The summed E-state index contributed by atoms with van der Waals surface area (Å²) in [5, 5.41) is 17.1. The molecule has 1 aliphatic heterocycles. The van der Waals surface area contributed by atoms with Crippen molar-refractivity contribution >= 4 is 50.5 Å². The van der Waals surface area contributed by atoms with Crippen LogP contribution in [0.4, 0.5) is 17.1 Å². The fourth-order valence-corrected chi connectivity index (χ4v) is 5.67. The molecule has 3 aromatic rings. The van der Waals surface area contributed by atoms with Crippen LogP contribution in [0.5, 0.6) is 0 Å². The minimum atomic E-state index is -3.83. The number of benzene rings is 2. The number of hydrogen-bond donors (Lipinski definition) is 2. The monoisotopic (exact) mass is 499 g/mol. The number of para-hydroxylation sites is 1. The highest BCUT2D eigenvalue weighted by atomic mass is 32.2. The van der Waals surface area contributed by atoms with Crippen LogP contribution in [0.15, 0.2) is 69.3 Å². The van der Waals surface area contributed by atoms with Gasteiger partial charge < -0.3 is 4.90 Å². The maximum Gasteiger partial charge on any atom is 0.293 e. The summed E-state index contributed by atoms with van der Waals surface area (Å²) in [7, 11) is -3.83. The Morgan fingerprint density at radius 2 is 1.88 bits per heavy atom. The lowest BCUT2D eigenvalue weighted by molar-refractivity contribution is -0.384. The van der Waals surface area contributed by atoms with Crippen LogP contribution in [0.2, 0.25) is 0 Å². The number of amides is 1. The summed E-state index contributed by atoms with van der Waals surface area (Å²) >= 11 is 1.06. The first-order chi connectivity index (χ1) is 16.3. The summed E-state index contributed by atoms with van der Waals surface area (Å²) in [4.78, 5) is 25.8. The molecule has 2 heterocycles. The number of nitrogens with zero attached hydrogens (tertiary/aromatic N) is 3. The van der Waals surface area contributed by atoms with Crippen LogP contribution in [0.3, 0.4) is 0 Å². The predicted octanol–water partition coefficient (Wildman–Crippen LogP) is 3.82. The summed E-state index contributed by atoms with van der Waals surface area (Å²) in [6.07, 6.45) is 3.30. The molecule has 0 radical (unpaired) electrons. The van der Waals surface area contributed by atoms with Gasteiger partial charge in [-0.2, -0.15) is 5.10 Å². The molecular weight excluding hydrogens is 478 g/mol. The number of anilines is 2. The molecule has 1 aliphatic rings. The molecule has 1 amide bonds. The van der Waals surface area contributed by atoms with E-state index < -0.39 is 20.9 Å². The third kappa shape index (κ3) is 5.24. The van der Waals surface area contributed by atoms with Crippen LogP contribution >= 0.6 is 11.3 Å². The number of carbonyl (C=O) groups is 1.